The highest BCUT2D eigenvalue weighted by Crippen LogP contribution is 2.44. The van der Waals surface area contributed by atoms with E-state index >= 15 is 0 Å². The fourth-order valence-electron chi connectivity index (χ4n) is 3.72. The molecule has 1 fully saturated rings. The Balaban J connectivity index is 2.07. The fourth-order valence-corrected chi connectivity index (χ4v) is 4.88. The SMILES string of the molecule is C[C@@H]1[C@@H](c2ccccc2)[C@@H](Cc2ccccc2)C(=O)N1S(=O)(=O)C(F)(F)F. The van der Waals surface area contributed by atoms with Crippen LogP contribution in [0.2, 0.25) is 0 Å². The largest absolute Gasteiger partial charge is 0.516 e. The third kappa shape index (κ3) is 3.45. The van der Waals surface area contributed by atoms with Gasteiger partial charge in [0.25, 0.3) is 0 Å². The van der Waals surface area contributed by atoms with Crippen LogP contribution >= 0.6 is 0 Å². The van der Waals surface area contributed by atoms with Gasteiger partial charge in [0, 0.05) is 5.92 Å². The molecule has 2 aromatic carbocycles. The third-order valence-corrected chi connectivity index (χ3v) is 6.51. The number of amides is 1. The van der Waals surface area contributed by atoms with Crippen molar-refractivity contribution >= 4 is 15.9 Å². The molecular formula is C19H18F3NO3S. The second-order valence-corrected chi connectivity index (χ2v) is 8.36. The molecule has 4 nitrogen and oxygen atoms in total. The van der Waals surface area contributed by atoms with Crippen LogP contribution in [-0.2, 0) is 21.2 Å². The fraction of sp³-hybridized carbons (Fsp3) is 0.316. The summed E-state index contributed by atoms with van der Waals surface area (Å²) in [7, 11) is -5.76. The van der Waals surface area contributed by atoms with Crippen molar-refractivity contribution in [3.8, 4) is 0 Å². The van der Waals surface area contributed by atoms with E-state index in [0.717, 1.165) is 5.56 Å². The van der Waals surface area contributed by atoms with Crippen LogP contribution in [0, 0.1) is 5.92 Å². The molecule has 0 spiro atoms. The molecule has 3 rings (SSSR count). The first-order valence-electron chi connectivity index (χ1n) is 8.38. The minimum atomic E-state index is -5.76. The predicted molar refractivity (Wildman–Crippen MR) is 94.1 cm³/mol. The lowest BCUT2D eigenvalue weighted by Crippen LogP contribution is -2.45. The second kappa shape index (κ2) is 6.99. The first-order chi connectivity index (χ1) is 12.6. The Morgan fingerprint density at radius 1 is 0.963 bits per heavy atom. The molecule has 27 heavy (non-hydrogen) atoms. The molecule has 1 saturated heterocycles. The molecule has 1 amide bonds. The second-order valence-electron chi connectivity index (χ2n) is 6.56. The van der Waals surface area contributed by atoms with Crippen LogP contribution in [0.5, 0.6) is 0 Å². The monoisotopic (exact) mass is 397 g/mol. The van der Waals surface area contributed by atoms with Crippen LogP contribution in [-0.4, -0.2) is 30.2 Å². The topological polar surface area (TPSA) is 54.5 Å². The molecule has 0 bridgehead atoms. The molecule has 0 radical (unpaired) electrons. The first kappa shape index (κ1) is 19.4. The minimum absolute atomic E-state index is 0.0261. The van der Waals surface area contributed by atoms with E-state index in [1.165, 1.54) is 6.92 Å². The predicted octanol–water partition coefficient (Wildman–Crippen LogP) is 3.71. The van der Waals surface area contributed by atoms with Gasteiger partial charge in [-0.25, -0.2) is 4.31 Å². The number of nitrogens with zero attached hydrogens (tertiary/aromatic N) is 1. The standard InChI is InChI=1S/C19H18F3NO3S/c1-13-17(15-10-6-3-7-11-15)16(12-14-8-4-2-5-9-14)18(24)23(13)27(25,26)19(20,21)22/h2-11,13,16-17H,12H2,1H3/t13-,16-,17+/m1/s1. The molecule has 3 atom stereocenters. The summed E-state index contributed by atoms with van der Waals surface area (Å²) in [6, 6.07) is 16.3. The summed E-state index contributed by atoms with van der Waals surface area (Å²) in [5.74, 6) is -2.59. The van der Waals surface area contributed by atoms with Gasteiger partial charge < -0.3 is 0 Å². The Hall–Kier alpha value is -2.35. The Bertz CT molecular complexity index is 914. The molecule has 0 unspecified atom stereocenters. The van der Waals surface area contributed by atoms with Gasteiger partial charge in [0.1, 0.15) is 0 Å². The van der Waals surface area contributed by atoms with Crippen LogP contribution in [0.25, 0.3) is 0 Å². The zero-order chi connectivity index (χ0) is 19.8. The zero-order valence-corrected chi connectivity index (χ0v) is 15.2. The van der Waals surface area contributed by atoms with E-state index in [2.05, 4.69) is 0 Å². The Morgan fingerprint density at radius 3 is 2.00 bits per heavy atom. The number of benzene rings is 2. The van der Waals surface area contributed by atoms with Crippen molar-refractivity contribution in [2.75, 3.05) is 0 Å². The van der Waals surface area contributed by atoms with E-state index in [0.29, 0.717) is 5.56 Å². The van der Waals surface area contributed by atoms with Crippen molar-refractivity contribution in [1.29, 1.82) is 0 Å². The van der Waals surface area contributed by atoms with Gasteiger partial charge in [-0.3, -0.25) is 4.79 Å². The lowest BCUT2D eigenvalue weighted by atomic mass is 9.81. The van der Waals surface area contributed by atoms with Gasteiger partial charge in [-0.15, -0.1) is 0 Å². The van der Waals surface area contributed by atoms with E-state index in [9.17, 15) is 26.4 Å². The minimum Gasteiger partial charge on any atom is -0.273 e. The van der Waals surface area contributed by atoms with E-state index in [1.54, 1.807) is 60.7 Å². The summed E-state index contributed by atoms with van der Waals surface area (Å²) in [6.07, 6.45) is 0.160. The highest BCUT2D eigenvalue weighted by atomic mass is 32.2. The number of carbonyl (C=O) groups excluding carboxylic acids is 1. The maximum atomic E-state index is 13.1. The summed E-state index contributed by atoms with van der Waals surface area (Å²) >= 11 is 0. The van der Waals surface area contributed by atoms with Crippen molar-refractivity contribution in [3.05, 3.63) is 71.8 Å². The molecule has 8 heteroatoms. The number of hydrogen-bond acceptors (Lipinski definition) is 3. The Labute approximate surface area is 155 Å². The first-order valence-corrected chi connectivity index (χ1v) is 9.82. The van der Waals surface area contributed by atoms with Crippen LogP contribution in [0.15, 0.2) is 60.7 Å². The van der Waals surface area contributed by atoms with Crippen LogP contribution in [0.1, 0.15) is 24.0 Å². The number of hydrogen-bond donors (Lipinski definition) is 0. The molecule has 0 aliphatic carbocycles. The van der Waals surface area contributed by atoms with Gasteiger partial charge in [-0.05, 0) is 24.5 Å². The van der Waals surface area contributed by atoms with Gasteiger partial charge in [-0.2, -0.15) is 21.6 Å². The third-order valence-electron chi connectivity index (χ3n) is 4.89. The summed E-state index contributed by atoms with van der Waals surface area (Å²) in [5.41, 5.74) is -4.13. The quantitative estimate of drug-likeness (QED) is 0.790. The molecule has 144 valence electrons. The maximum absolute atomic E-state index is 13.1. The Morgan fingerprint density at radius 2 is 1.48 bits per heavy atom. The lowest BCUT2D eigenvalue weighted by Gasteiger charge is -2.25. The zero-order valence-electron chi connectivity index (χ0n) is 14.4. The van der Waals surface area contributed by atoms with E-state index < -0.39 is 39.3 Å². The van der Waals surface area contributed by atoms with Gasteiger partial charge in [0.2, 0.25) is 5.91 Å². The van der Waals surface area contributed by atoms with E-state index in [-0.39, 0.29) is 10.7 Å². The molecule has 1 aliphatic heterocycles. The normalized spacial score (nSPS) is 23.6. The van der Waals surface area contributed by atoms with E-state index in [1.807, 2.05) is 0 Å². The van der Waals surface area contributed by atoms with Crippen molar-refractivity contribution < 1.29 is 26.4 Å². The number of alkyl halides is 3. The van der Waals surface area contributed by atoms with Crippen LogP contribution in [0.4, 0.5) is 13.2 Å². The van der Waals surface area contributed by atoms with Crippen LogP contribution in [0.3, 0.4) is 0 Å². The highest BCUT2D eigenvalue weighted by Gasteiger charge is 2.59. The number of carbonyl (C=O) groups is 1. The number of halogens is 3. The summed E-state index contributed by atoms with van der Waals surface area (Å²) in [5, 5.41) is 0. The highest BCUT2D eigenvalue weighted by molar-refractivity contribution is 7.90. The summed E-state index contributed by atoms with van der Waals surface area (Å²) in [6.45, 7) is 1.35. The number of rotatable bonds is 4. The van der Waals surface area contributed by atoms with E-state index in [4.69, 9.17) is 0 Å². The molecule has 1 aliphatic rings. The van der Waals surface area contributed by atoms with Crippen molar-refractivity contribution in [2.45, 2.75) is 30.8 Å². The number of sulfonamides is 1. The van der Waals surface area contributed by atoms with Crippen LogP contribution < -0.4 is 0 Å². The summed E-state index contributed by atoms with van der Waals surface area (Å²) < 4.78 is 63.5. The van der Waals surface area contributed by atoms with Crippen molar-refractivity contribution in [1.82, 2.24) is 4.31 Å². The lowest BCUT2D eigenvalue weighted by molar-refractivity contribution is -0.128. The van der Waals surface area contributed by atoms with Gasteiger partial charge >= 0.3 is 15.5 Å². The van der Waals surface area contributed by atoms with Gasteiger partial charge in [0.15, 0.2) is 0 Å². The molecule has 0 aromatic heterocycles. The average Bonchev–Trinajstić information content (AvgIpc) is 2.86. The molecule has 0 saturated carbocycles. The maximum Gasteiger partial charge on any atom is 0.516 e. The molecular weight excluding hydrogens is 379 g/mol. The van der Waals surface area contributed by atoms with Gasteiger partial charge in [0.05, 0.1) is 12.0 Å². The van der Waals surface area contributed by atoms with Crippen molar-refractivity contribution in [2.24, 2.45) is 5.92 Å². The van der Waals surface area contributed by atoms with Crippen molar-refractivity contribution in [3.63, 3.8) is 0 Å². The molecule has 0 N–H and O–H groups in total. The van der Waals surface area contributed by atoms with Gasteiger partial charge in [-0.1, -0.05) is 60.7 Å². The molecule has 1 heterocycles. The smallest absolute Gasteiger partial charge is 0.273 e. The summed E-state index contributed by atoms with van der Waals surface area (Å²) in [4.78, 5) is 12.8. The Kier molecular flexibility index (Phi) is 5.03. The molecule has 2 aromatic rings. The average molecular weight is 397 g/mol.